The van der Waals surface area contributed by atoms with Crippen molar-refractivity contribution in [2.24, 2.45) is 7.05 Å². The minimum absolute atomic E-state index is 0.184. The smallest absolute Gasteiger partial charge is 0.411 e. The highest BCUT2D eigenvalue weighted by molar-refractivity contribution is 6.00. The number of fused-ring (bicyclic) bond motifs is 1. The van der Waals surface area contributed by atoms with Gasteiger partial charge in [0.05, 0.1) is 23.3 Å². The molecule has 2 saturated heterocycles. The van der Waals surface area contributed by atoms with Gasteiger partial charge in [-0.2, -0.15) is 0 Å². The first-order valence-electron chi connectivity index (χ1n) is 13.1. The highest BCUT2D eigenvalue weighted by Gasteiger charge is 2.31. The van der Waals surface area contributed by atoms with Crippen LogP contribution in [0.15, 0.2) is 35.4 Å². The summed E-state index contributed by atoms with van der Waals surface area (Å²) in [5.74, 6) is 5.84. The molecule has 3 aromatic rings. The minimum Gasteiger partial charge on any atom is -0.444 e. The zero-order valence-electron chi connectivity index (χ0n) is 22.9. The van der Waals surface area contributed by atoms with Crippen molar-refractivity contribution in [2.75, 3.05) is 24.7 Å². The Bertz CT molecular complexity index is 1600. The fourth-order valence-corrected chi connectivity index (χ4v) is 4.80. The van der Waals surface area contributed by atoms with Crippen molar-refractivity contribution in [2.45, 2.75) is 51.7 Å². The number of hydrogen-bond acceptors (Lipinski definition) is 8. The van der Waals surface area contributed by atoms with Crippen molar-refractivity contribution < 1.29 is 19.1 Å². The summed E-state index contributed by atoms with van der Waals surface area (Å²) in [6, 6.07) is 4.60. The molecule has 0 saturated carbocycles. The molecule has 1 atom stereocenters. The Balaban J connectivity index is 1.31. The number of amides is 3. The molecule has 40 heavy (non-hydrogen) atoms. The molecule has 2 aliphatic rings. The number of imidazole rings is 1. The lowest BCUT2D eigenvalue weighted by molar-refractivity contribution is -0.135. The van der Waals surface area contributed by atoms with Crippen LogP contribution in [0.1, 0.15) is 57.2 Å². The number of piperidine rings is 1. The van der Waals surface area contributed by atoms with E-state index in [1.54, 1.807) is 42.5 Å². The highest BCUT2D eigenvalue weighted by atomic mass is 16.6. The Morgan fingerprint density at radius 1 is 1.05 bits per heavy atom. The van der Waals surface area contributed by atoms with Crippen LogP contribution >= 0.6 is 0 Å². The Labute approximate surface area is 230 Å². The average molecular weight is 546 g/mol. The maximum atomic E-state index is 13.0. The number of carbonyl (C=O) groups is 3. The van der Waals surface area contributed by atoms with Gasteiger partial charge in [0.15, 0.2) is 0 Å². The quantitative estimate of drug-likeness (QED) is 0.382. The van der Waals surface area contributed by atoms with Crippen LogP contribution in [0.4, 0.5) is 10.7 Å². The van der Waals surface area contributed by atoms with E-state index in [9.17, 15) is 19.2 Å². The number of rotatable bonds is 2. The number of imide groups is 1. The van der Waals surface area contributed by atoms with E-state index in [2.05, 4.69) is 27.1 Å². The summed E-state index contributed by atoms with van der Waals surface area (Å²) in [5, 5.41) is 2.31. The van der Waals surface area contributed by atoms with Gasteiger partial charge in [-0.3, -0.25) is 28.9 Å². The Hall–Kier alpha value is -4.66. The number of hydrogen-bond donors (Lipinski definition) is 1. The van der Waals surface area contributed by atoms with Crippen LogP contribution in [0.3, 0.4) is 0 Å². The molecule has 0 spiro atoms. The lowest BCUT2D eigenvalue weighted by Gasteiger charge is -2.36. The fraction of sp³-hybridized carbons (Fsp3) is 0.429. The Morgan fingerprint density at radius 3 is 2.48 bits per heavy atom. The number of nitrogens with one attached hydrogen (secondary N) is 1. The highest BCUT2D eigenvalue weighted by Crippen LogP contribution is 2.24. The van der Waals surface area contributed by atoms with Crippen molar-refractivity contribution in [1.82, 2.24) is 29.3 Å². The zero-order chi connectivity index (χ0) is 28.6. The molecule has 208 valence electrons. The molecule has 1 aromatic carbocycles. The third-order valence-corrected chi connectivity index (χ3v) is 6.73. The molecule has 12 heteroatoms. The second-order valence-corrected chi connectivity index (χ2v) is 10.9. The molecule has 0 aliphatic carbocycles. The van der Waals surface area contributed by atoms with Crippen molar-refractivity contribution in [3.05, 3.63) is 52.2 Å². The first-order chi connectivity index (χ1) is 19.0. The lowest BCUT2D eigenvalue weighted by atomic mass is 10.1. The molecule has 0 radical (unpaired) electrons. The molecule has 1 N–H and O–H groups in total. The van der Waals surface area contributed by atoms with Gasteiger partial charge in [-0.25, -0.2) is 19.6 Å². The summed E-state index contributed by atoms with van der Waals surface area (Å²) >= 11 is 0. The van der Waals surface area contributed by atoms with E-state index in [-0.39, 0.29) is 30.5 Å². The molecule has 2 fully saturated rings. The van der Waals surface area contributed by atoms with Crippen LogP contribution in [0, 0.1) is 11.8 Å². The largest absolute Gasteiger partial charge is 0.444 e. The fourth-order valence-electron chi connectivity index (χ4n) is 4.80. The normalized spacial score (nSPS) is 17.9. The third kappa shape index (κ3) is 5.54. The summed E-state index contributed by atoms with van der Waals surface area (Å²) in [6.45, 7) is 7.20. The third-order valence-electron chi connectivity index (χ3n) is 6.73. The van der Waals surface area contributed by atoms with Gasteiger partial charge in [0.25, 0.3) is 0 Å². The molecular weight excluding hydrogens is 514 g/mol. The summed E-state index contributed by atoms with van der Waals surface area (Å²) in [4.78, 5) is 61.8. The van der Waals surface area contributed by atoms with E-state index in [1.807, 2.05) is 25.7 Å². The standard InChI is InChI=1S/C28H31N7O5/c1-28(2,3)40-27(39)34-13-5-12-33(17-34)25-29-15-19(16-30-25)7-6-18-8-9-20-22(14-18)32(4)26(38)35(20)21-10-11-23(36)31-24(21)37/h8-9,14-16,21H,5,10-13,17H2,1-4H3,(H,31,36,37). The molecule has 5 rings (SSSR count). The minimum atomic E-state index is -0.738. The van der Waals surface area contributed by atoms with E-state index < -0.39 is 17.6 Å². The molecule has 4 heterocycles. The van der Waals surface area contributed by atoms with Crippen molar-refractivity contribution in [1.29, 1.82) is 0 Å². The number of aromatic nitrogens is 4. The number of benzene rings is 1. The maximum Gasteiger partial charge on any atom is 0.411 e. The molecular formula is C28H31N7O5. The predicted molar refractivity (Wildman–Crippen MR) is 146 cm³/mol. The SMILES string of the molecule is Cn1c(=O)n(C2CCC(=O)NC2=O)c2ccc(C#Cc3cnc(N4CCCN(C(=O)OC(C)(C)C)C4)nc3)cc21. The van der Waals surface area contributed by atoms with Crippen molar-refractivity contribution in [3.63, 3.8) is 0 Å². The average Bonchev–Trinajstić information content (AvgIpc) is 3.16. The predicted octanol–water partition coefficient (Wildman–Crippen LogP) is 1.91. The summed E-state index contributed by atoms with van der Waals surface area (Å²) in [7, 11) is 1.64. The van der Waals surface area contributed by atoms with E-state index in [0.29, 0.717) is 41.3 Å². The van der Waals surface area contributed by atoms with E-state index >= 15 is 0 Å². The number of ether oxygens (including phenoxy) is 1. The second-order valence-electron chi connectivity index (χ2n) is 10.9. The summed E-state index contributed by atoms with van der Waals surface area (Å²) in [5.41, 5.74) is 1.63. The number of aryl methyl sites for hydroxylation is 1. The van der Waals surface area contributed by atoms with Crippen LogP contribution in [0.2, 0.25) is 0 Å². The van der Waals surface area contributed by atoms with Gasteiger partial charge in [-0.1, -0.05) is 11.8 Å². The lowest BCUT2D eigenvalue weighted by Crippen LogP contribution is -2.49. The van der Waals surface area contributed by atoms with Crippen molar-refractivity contribution >= 4 is 34.9 Å². The molecule has 0 bridgehead atoms. The second kappa shape index (κ2) is 10.5. The summed E-state index contributed by atoms with van der Waals surface area (Å²) < 4.78 is 8.40. The molecule has 2 aliphatic heterocycles. The van der Waals surface area contributed by atoms with Crippen LogP contribution in [-0.2, 0) is 21.4 Å². The molecule has 3 amide bonds. The van der Waals surface area contributed by atoms with E-state index in [1.165, 1.54) is 9.13 Å². The topological polar surface area (TPSA) is 132 Å². The van der Waals surface area contributed by atoms with Gasteiger partial charge in [0, 0.05) is 44.5 Å². The Kier molecular flexibility index (Phi) is 7.06. The van der Waals surface area contributed by atoms with Gasteiger partial charge in [-0.05, 0) is 51.8 Å². The molecule has 2 aromatic heterocycles. The van der Waals surface area contributed by atoms with E-state index in [4.69, 9.17) is 4.74 Å². The Morgan fingerprint density at radius 2 is 1.77 bits per heavy atom. The monoisotopic (exact) mass is 545 g/mol. The van der Waals surface area contributed by atoms with Crippen LogP contribution in [-0.4, -0.2) is 67.3 Å². The number of nitrogens with zero attached hydrogens (tertiary/aromatic N) is 6. The van der Waals surface area contributed by atoms with Crippen LogP contribution < -0.4 is 15.9 Å². The zero-order valence-corrected chi connectivity index (χ0v) is 22.9. The first-order valence-corrected chi connectivity index (χ1v) is 13.1. The van der Waals surface area contributed by atoms with Crippen LogP contribution in [0.25, 0.3) is 11.0 Å². The maximum absolute atomic E-state index is 13.0. The van der Waals surface area contributed by atoms with Crippen LogP contribution in [0.5, 0.6) is 0 Å². The van der Waals surface area contributed by atoms with Crippen molar-refractivity contribution in [3.8, 4) is 11.8 Å². The molecule has 12 nitrogen and oxygen atoms in total. The van der Waals surface area contributed by atoms with Gasteiger partial charge in [0.1, 0.15) is 11.6 Å². The van der Waals surface area contributed by atoms with Gasteiger partial charge in [0.2, 0.25) is 17.8 Å². The molecule has 1 unspecified atom stereocenters. The van der Waals surface area contributed by atoms with Gasteiger partial charge in [-0.15, -0.1) is 0 Å². The number of anilines is 1. The number of carbonyl (C=O) groups excluding carboxylic acids is 3. The van der Waals surface area contributed by atoms with E-state index in [0.717, 1.165) is 13.0 Å². The van der Waals surface area contributed by atoms with Gasteiger partial charge < -0.3 is 9.64 Å². The van der Waals surface area contributed by atoms with Gasteiger partial charge >= 0.3 is 11.8 Å². The first kappa shape index (κ1) is 26.9. The summed E-state index contributed by atoms with van der Waals surface area (Å²) in [6.07, 6.45) is 4.15.